The third kappa shape index (κ3) is 4.46. The summed E-state index contributed by atoms with van der Waals surface area (Å²) in [5.41, 5.74) is 3.31. The highest BCUT2D eigenvalue weighted by molar-refractivity contribution is 7.15. The van der Waals surface area contributed by atoms with Crippen LogP contribution < -0.4 is 5.32 Å². The smallest absolute Gasteiger partial charge is 0.226 e. The molecule has 2 aliphatic rings. The first kappa shape index (κ1) is 23.9. The largest absolute Gasteiger partial charge is 0.508 e. The number of ketones is 1. The van der Waals surface area contributed by atoms with Crippen LogP contribution in [0.5, 0.6) is 5.75 Å². The highest BCUT2D eigenvalue weighted by Gasteiger charge is 2.52. The fourth-order valence-electron chi connectivity index (χ4n) is 6.67. The molecule has 0 radical (unpaired) electrons. The van der Waals surface area contributed by atoms with Crippen LogP contribution in [0.15, 0.2) is 18.3 Å². The summed E-state index contributed by atoms with van der Waals surface area (Å²) in [4.78, 5) is 30.8. The van der Waals surface area contributed by atoms with Crippen LogP contribution in [0.4, 0.5) is 5.13 Å². The lowest BCUT2D eigenvalue weighted by molar-refractivity contribution is -0.136. The van der Waals surface area contributed by atoms with Crippen LogP contribution in [-0.2, 0) is 16.0 Å². The van der Waals surface area contributed by atoms with Crippen molar-refractivity contribution in [3.05, 3.63) is 39.9 Å². The summed E-state index contributed by atoms with van der Waals surface area (Å²) in [6, 6.07) is 3.94. The van der Waals surface area contributed by atoms with Gasteiger partial charge in [-0.15, -0.1) is 11.3 Å². The Labute approximate surface area is 201 Å². The first-order valence-electron chi connectivity index (χ1n) is 12.2. The molecule has 2 aliphatic carbocycles. The van der Waals surface area contributed by atoms with Gasteiger partial charge in [0.1, 0.15) is 11.5 Å². The Morgan fingerprint density at radius 2 is 2.06 bits per heavy atom. The lowest BCUT2D eigenvalue weighted by atomic mass is 9.50. The van der Waals surface area contributed by atoms with E-state index in [4.69, 9.17) is 0 Å². The molecule has 33 heavy (non-hydrogen) atoms. The lowest BCUT2D eigenvalue weighted by Gasteiger charge is -2.53. The number of fused-ring (bicyclic) bond motifs is 3. The molecule has 1 amide bonds. The number of rotatable bonds is 6. The number of nitrogens with one attached hydrogen (secondary N) is 1. The van der Waals surface area contributed by atoms with Gasteiger partial charge in [0, 0.05) is 22.9 Å². The van der Waals surface area contributed by atoms with Gasteiger partial charge in [-0.25, -0.2) is 4.98 Å². The summed E-state index contributed by atoms with van der Waals surface area (Å²) in [5.74, 6) is 1.98. The van der Waals surface area contributed by atoms with E-state index in [1.54, 1.807) is 13.1 Å². The monoisotopic (exact) mass is 468 g/mol. The minimum Gasteiger partial charge on any atom is -0.508 e. The van der Waals surface area contributed by atoms with Crippen molar-refractivity contribution in [3.63, 3.8) is 0 Å². The minimum absolute atomic E-state index is 0.00632. The van der Waals surface area contributed by atoms with Crippen LogP contribution in [0.3, 0.4) is 0 Å². The summed E-state index contributed by atoms with van der Waals surface area (Å²) < 4.78 is 0. The molecule has 1 aromatic carbocycles. The number of anilines is 1. The second-order valence-electron chi connectivity index (χ2n) is 10.5. The van der Waals surface area contributed by atoms with Gasteiger partial charge in [0.2, 0.25) is 5.91 Å². The van der Waals surface area contributed by atoms with Crippen LogP contribution >= 0.6 is 11.3 Å². The van der Waals surface area contributed by atoms with Gasteiger partial charge in [-0.1, -0.05) is 19.9 Å². The van der Waals surface area contributed by atoms with Gasteiger partial charge in [0.15, 0.2) is 5.13 Å². The molecule has 5 atom stereocenters. The predicted molar refractivity (Wildman–Crippen MR) is 133 cm³/mol. The fourth-order valence-corrected chi connectivity index (χ4v) is 7.36. The zero-order valence-corrected chi connectivity index (χ0v) is 21.2. The Morgan fingerprint density at radius 1 is 1.30 bits per heavy atom. The summed E-state index contributed by atoms with van der Waals surface area (Å²) >= 11 is 1.49. The standard InChI is InChI=1S/C27H36N2O3S/c1-15(6-11-24(32)29-26-28-14-16(2)33-26)25-22-8-7-19-17(3)23(31)10-9-20(19)21(22)12-13-27(25,5)18(4)30/h9-10,14-15,21-22,25,31H,6-8,11-13H2,1-5H3,(H,28,29,32). The van der Waals surface area contributed by atoms with Gasteiger partial charge in [0.25, 0.3) is 0 Å². The van der Waals surface area contributed by atoms with Crippen molar-refractivity contribution >= 4 is 28.2 Å². The maximum atomic E-state index is 12.9. The molecule has 2 aromatic rings. The number of nitrogens with zero attached hydrogens (tertiary/aromatic N) is 1. The molecule has 5 unspecified atom stereocenters. The number of carbonyl (C=O) groups is 2. The van der Waals surface area contributed by atoms with E-state index >= 15 is 0 Å². The highest BCUT2D eigenvalue weighted by Crippen LogP contribution is 2.58. The van der Waals surface area contributed by atoms with Crippen LogP contribution in [0.25, 0.3) is 0 Å². The van der Waals surface area contributed by atoms with Crippen molar-refractivity contribution < 1.29 is 14.7 Å². The van der Waals surface area contributed by atoms with E-state index in [1.807, 2.05) is 19.9 Å². The number of phenolic OH excluding ortho intramolecular Hbond substituents is 1. The van der Waals surface area contributed by atoms with Crippen molar-refractivity contribution in [3.8, 4) is 5.75 Å². The Bertz CT molecular complexity index is 1060. The van der Waals surface area contributed by atoms with E-state index in [9.17, 15) is 14.7 Å². The Kier molecular flexibility index (Phi) is 6.68. The second-order valence-corrected chi connectivity index (χ2v) is 11.7. The number of benzene rings is 1. The molecule has 2 N–H and O–H groups in total. The van der Waals surface area contributed by atoms with Crippen molar-refractivity contribution in [1.29, 1.82) is 0 Å². The molecular formula is C27H36N2O3S. The van der Waals surface area contributed by atoms with Gasteiger partial charge in [-0.3, -0.25) is 9.59 Å². The van der Waals surface area contributed by atoms with E-state index in [1.165, 1.54) is 22.5 Å². The van der Waals surface area contributed by atoms with Crippen LogP contribution in [0.1, 0.15) is 80.4 Å². The van der Waals surface area contributed by atoms with E-state index in [0.717, 1.165) is 42.5 Å². The van der Waals surface area contributed by atoms with E-state index in [-0.39, 0.29) is 28.9 Å². The molecule has 5 nitrogen and oxygen atoms in total. The molecule has 6 heteroatoms. The number of aromatic nitrogens is 1. The van der Waals surface area contributed by atoms with Gasteiger partial charge in [-0.2, -0.15) is 0 Å². The van der Waals surface area contributed by atoms with Crippen LogP contribution in [0.2, 0.25) is 0 Å². The number of phenols is 1. The number of hydrogen-bond acceptors (Lipinski definition) is 5. The number of aromatic hydroxyl groups is 1. The quantitative estimate of drug-likeness (QED) is 0.531. The van der Waals surface area contributed by atoms with E-state index < -0.39 is 0 Å². The molecule has 0 bridgehead atoms. The number of thiazole rings is 1. The molecule has 1 saturated carbocycles. The van der Waals surface area contributed by atoms with Gasteiger partial charge < -0.3 is 10.4 Å². The lowest BCUT2D eigenvalue weighted by Crippen LogP contribution is -2.49. The fraction of sp³-hybridized carbons (Fsp3) is 0.593. The summed E-state index contributed by atoms with van der Waals surface area (Å²) in [7, 11) is 0. The minimum atomic E-state index is -0.354. The first-order valence-corrected chi connectivity index (χ1v) is 13.0. The third-order valence-electron chi connectivity index (χ3n) is 8.53. The topological polar surface area (TPSA) is 79.3 Å². The zero-order chi connectivity index (χ0) is 23.9. The molecule has 1 aromatic heterocycles. The number of Topliss-reactive ketones (excluding diaryl/α,β-unsaturated/α-hetero) is 1. The molecule has 1 heterocycles. The van der Waals surface area contributed by atoms with E-state index in [2.05, 4.69) is 30.2 Å². The van der Waals surface area contributed by atoms with Crippen molar-refractivity contribution in [2.45, 2.75) is 79.1 Å². The molecule has 178 valence electrons. The van der Waals surface area contributed by atoms with Gasteiger partial charge in [0.05, 0.1) is 0 Å². The number of hydrogen-bond donors (Lipinski definition) is 2. The van der Waals surface area contributed by atoms with Crippen molar-refractivity contribution in [1.82, 2.24) is 4.98 Å². The third-order valence-corrected chi connectivity index (χ3v) is 9.36. The highest BCUT2D eigenvalue weighted by atomic mass is 32.1. The Morgan fingerprint density at radius 3 is 2.73 bits per heavy atom. The van der Waals surface area contributed by atoms with Gasteiger partial charge >= 0.3 is 0 Å². The van der Waals surface area contributed by atoms with Crippen molar-refractivity contribution in [2.75, 3.05) is 5.32 Å². The molecule has 0 aliphatic heterocycles. The predicted octanol–water partition coefficient (Wildman–Crippen LogP) is 6.17. The average molecular weight is 469 g/mol. The summed E-state index contributed by atoms with van der Waals surface area (Å²) in [6.45, 7) is 10.1. The summed E-state index contributed by atoms with van der Waals surface area (Å²) in [6.07, 6.45) is 6.82. The van der Waals surface area contributed by atoms with Gasteiger partial charge in [-0.05, 0) is 99.3 Å². The second kappa shape index (κ2) is 9.21. The number of amides is 1. The molecule has 0 saturated heterocycles. The average Bonchev–Trinajstić information content (AvgIpc) is 3.18. The maximum absolute atomic E-state index is 12.9. The SMILES string of the molecule is CC(=O)C1(C)CCC2c3ccc(O)c(C)c3CCC2C1C(C)CCC(=O)Nc1ncc(C)s1. The maximum Gasteiger partial charge on any atom is 0.226 e. The molecular weight excluding hydrogens is 432 g/mol. The molecule has 0 spiro atoms. The molecule has 1 fully saturated rings. The van der Waals surface area contributed by atoms with Crippen LogP contribution in [0, 0.1) is 37.0 Å². The summed E-state index contributed by atoms with van der Waals surface area (Å²) in [5, 5.41) is 13.8. The van der Waals surface area contributed by atoms with Crippen molar-refractivity contribution in [2.24, 2.45) is 23.2 Å². The zero-order valence-electron chi connectivity index (χ0n) is 20.4. The number of aryl methyl sites for hydroxylation is 1. The molecule has 4 rings (SSSR count). The van der Waals surface area contributed by atoms with E-state index in [0.29, 0.717) is 29.1 Å². The first-order chi connectivity index (χ1) is 15.6. The normalized spacial score (nSPS) is 27.4. The Hall–Kier alpha value is -2.21. The van der Waals surface area contributed by atoms with Crippen LogP contribution in [-0.4, -0.2) is 21.8 Å². The Balaban J connectivity index is 1.54. The number of carbonyl (C=O) groups excluding carboxylic acids is 2.